The maximum atomic E-state index is 13.4. The molecule has 0 heterocycles. The molecule has 0 radical (unpaired) electrons. The third kappa shape index (κ3) is 6.40. The van der Waals surface area contributed by atoms with E-state index in [0.717, 1.165) is 56.7 Å². The molecule has 1 N–H and O–H groups in total. The number of hydrogen-bond donors (Lipinski definition) is 1. The second-order valence-corrected chi connectivity index (χ2v) is 10.1. The quantitative estimate of drug-likeness (QED) is 0.417. The van der Waals surface area contributed by atoms with Crippen LogP contribution in [0.5, 0.6) is 0 Å². The zero-order chi connectivity index (χ0) is 20.7. The normalized spacial score (nSPS) is 16.2. The van der Waals surface area contributed by atoms with Gasteiger partial charge in [-0.15, -0.1) is 0 Å². The van der Waals surface area contributed by atoms with Crippen LogP contribution >= 0.6 is 35.0 Å². The number of thioether (sulfide) groups is 1. The number of anilines is 1. The van der Waals surface area contributed by atoms with Crippen molar-refractivity contribution >= 4 is 51.7 Å². The monoisotopic (exact) mass is 443 g/mol. The van der Waals surface area contributed by atoms with E-state index in [4.69, 9.17) is 23.2 Å². The van der Waals surface area contributed by atoms with Gasteiger partial charge in [-0.25, -0.2) is 0 Å². The summed E-state index contributed by atoms with van der Waals surface area (Å²) in [6, 6.07) is 3.35. The molecule has 1 saturated carbocycles. The van der Waals surface area contributed by atoms with Crippen molar-refractivity contribution < 1.29 is 9.59 Å². The van der Waals surface area contributed by atoms with Crippen LogP contribution in [-0.2, 0) is 9.59 Å². The Labute approximate surface area is 183 Å². The second kappa shape index (κ2) is 10.9. The van der Waals surface area contributed by atoms with Crippen molar-refractivity contribution in [2.75, 3.05) is 5.32 Å². The lowest BCUT2D eigenvalue weighted by Gasteiger charge is -2.36. The Balaban J connectivity index is 2.26. The predicted octanol–water partition coefficient (Wildman–Crippen LogP) is 7.74. The van der Waals surface area contributed by atoms with Gasteiger partial charge in [-0.2, -0.15) is 0 Å². The SMILES string of the molecule is CCCC(=O)Sc1cc(Cl)c(Cl)cc1NC(=O)C1(CCC(C)C)CCCCC1. The molecule has 0 saturated heterocycles. The third-order valence-electron chi connectivity index (χ3n) is 5.44. The maximum Gasteiger partial charge on any atom is 0.230 e. The fourth-order valence-corrected chi connectivity index (χ4v) is 5.07. The molecule has 1 aliphatic carbocycles. The van der Waals surface area contributed by atoms with E-state index in [-0.39, 0.29) is 16.4 Å². The smallest absolute Gasteiger partial charge is 0.230 e. The van der Waals surface area contributed by atoms with Gasteiger partial charge in [-0.3, -0.25) is 9.59 Å². The summed E-state index contributed by atoms with van der Waals surface area (Å²) < 4.78 is 0. The number of rotatable bonds is 8. The number of carbonyl (C=O) groups excluding carboxylic acids is 2. The zero-order valence-corrected chi connectivity index (χ0v) is 19.4. The van der Waals surface area contributed by atoms with Crippen LogP contribution in [0.25, 0.3) is 0 Å². The lowest BCUT2D eigenvalue weighted by atomic mass is 9.69. The van der Waals surface area contributed by atoms with E-state index in [2.05, 4.69) is 19.2 Å². The van der Waals surface area contributed by atoms with E-state index in [0.29, 0.717) is 33.0 Å². The van der Waals surface area contributed by atoms with E-state index < -0.39 is 0 Å². The molecule has 156 valence electrons. The van der Waals surface area contributed by atoms with Crippen LogP contribution in [0, 0.1) is 11.3 Å². The first-order chi connectivity index (χ1) is 13.3. The first-order valence-corrected chi connectivity index (χ1v) is 11.9. The summed E-state index contributed by atoms with van der Waals surface area (Å²) in [7, 11) is 0. The van der Waals surface area contributed by atoms with E-state index in [1.807, 2.05) is 6.92 Å². The van der Waals surface area contributed by atoms with Gasteiger partial charge in [0.1, 0.15) is 0 Å². The fraction of sp³-hybridized carbons (Fsp3) is 0.636. The third-order valence-corrected chi connectivity index (χ3v) is 7.15. The van der Waals surface area contributed by atoms with Crippen LogP contribution < -0.4 is 5.32 Å². The van der Waals surface area contributed by atoms with Crippen molar-refractivity contribution in [2.45, 2.75) is 83.5 Å². The predicted molar refractivity (Wildman–Crippen MR) is 120 cm³/mol. The Hall–Kier alpha value is -0.710. The molecule has 0 atom stereocenters. The molecular formula is C22H31Cl2NO2S. The van der Waals surface area contributed by atoms with Crippen molar-refractivity contribution in [1.82, 2.24) is 0 Å². The second-order valence-electron chi connectivity index (χ2n) is 8.21. The van der Waals surface area contributed by atoms with Crippen LogP contribution in [0.4, 0.5) is 5.69 Å². The Kier molecular flexibility index (Phi) is 9.17. The number of halogens is 2. The average Bonchev–Trinajstić information content (AvgIpc) is 2.65. The number of nitrogens with one attached hydrogen (secondary N) is 1. The lowest BCUT2D eigenvalue weighted by molar-refractivity contribution is -0.128. The molecule has 3 nitrogen and oxygen atoms in total. The molecule has 0 aromatic heterocycles. The van der Waals surface area contributed by atoms with Crippen molar-refractivity contribution in [1.29, 1.82) is 0 Å². The van der Waals surface area contributed by atoms with E-state index >= 15 is 0 Å². The van der Waals surface area contributed by atoms with Gasteiger partial charge in [0.15, 0.2) is 5.12 Å². The summed E-state index contributed by atoms with van der Waals surface area (Å²) in [4.78, 5) is 26.2. The van der Waals surface area contributed by atoms with Gasteiger partial charge < -0.3 is 5.32 Å². The largest absolute Gasteiger partial charge is 0.325 e. The standard InChI is InChI=1S/C22H31Cl2NO2S/c1-4-8-20(26)28-19-14-17(24)16(23)13-18(19)25-21(27)22(12-9-15(2)3)10-6-5-7-11-22/h13-15H,4-12H2,1-3H3,(H,25,27). The van der Waals surface area contributed by atoms with E-state index in [1.54, 1.807) is 12.1 Å². The topological polar surface area (TPSA) is 46.2 Å². The Bertz CT molecular complexity index is 700. The van der Waals surface area contributed by atoms with Crippen LogP contribution in [0.2, 0.25) is 10.0 Å². The van der Waals surface area contributed by atoms with Gasteiger partial charge in [-0.1, -0.05) is 63.2 Å². The van der Waals surface area contributed by atoms with Crippen LogP contribution in [-0.4, -0.2) is 11.0 Å². The molecule has 1 aromatic carbocycles. The highest BCUT2D eigenvalue weighted by Gasteiger charge is 2.39. The minimum absolute atomic E-state index is 0.0519. The Morgan fingerprint density at radius 2 is 1.79 bits per heavy atom. The summed E-state index contributed by atoms with van der Waals surface area (Å²) in [6.07, 6.45) is 8.40. The molecule has 1 aliphatic rings. The Morgan fingerprint density at radius 3 is 2.39 bits per heavy atom. The van der Waals surface area contributed by atoms with Crippen molar-refractivity contribution in [3.05, 3.63) is 22.2 Å². The van der Waals surface area contributed by atoms with E-state index in [9.17, 15) is 9.59 Å². The molecule has 0 bridgehead atoms. The summed E-state index contributed by atoms with van der Waals surface area (Å²) in [5.74, 6) is 0.616. The van der Waals surface area contributed by atoms with Crippen LogP contribution in [0.1, 0.15) is 78.6 Å². The van der Waals surface area contributed by atoms with Crippen LogP contribution in [0.3, 0.4) is 0 Å². The molecule has 1 amide bonds. The summed E-state index contributed by atoms with van der Waals surface area (Å²) >= 11 is 13.5. The molecule has 0 aliphatic heterocycles. The molecule has 1 aromatic rings. The molecule has 1 fully saturated rings. The van der Waals surface area contributed by atoms with Crippen molar-refractivity contribution in [3.8, 4) is 0 Å². The highest BCUT2D eigenvalue weighted by molar-refractivity contribution is 8.13. The number of hydrogen-bond acceptors (Lipinski definition) is 3. The summed E-state index contributed by atoms with van der Waals surface area (Å²) in [5.41, 5.74) is 0.257. The van der Waals surface area contributed by atoms with Gasteiger partial charge in [0, 0.05) is 16.7 Å². The minimum atomic E-state index is -0.329. The van der Waals surface area contributed by atoms with E-state index in [1.165, 1.54) is 6.42 Å². The molecule has 6 heteroatoms. The molecule has 0 unspecified atom stereocenters. The highest BCUT2D eigenvalue weighted by atomic mass is 35.5. The Morgan fingerprint density at radius 1 is 1.14 bits per heavy atom. The fourth-order valence-electron chi connectivity index (χ4n) is 3.73. The van der Waals surface area contributed by atoms with Gasteiger partial charge in [-0.05, 0) is 61.9 Å². The van der Waals surface area contributed by atoms with Crippen molar-refractivity contribution in [3.63, 3.8) is 0 Å². The zero-order valence-electron chi connectivity index (χ0n) is 17.1. The first-order valence-electron chi connectivity index (χ1n) is 10.3. The van der Waals surface area contributed by atoms with Crippen molar-refractivity contribution in [2.24, 2.45) is 11.3 Å². The van der Waals surface area contributed by atoms with Gasteiger partial charge in [0.2, 0.25) is 5.91 Å². The van der Waals surface area contributed by atoms with Gasteiger partial charge in [0.05, 0.1) is 15.7 Å². The van der Waals surface area contributed by atoms with Crippen LogP contribution in [0.15, 0.2) is 17.0 Å². The molecule has 28 heavy (non-hydrogen) atoms. The minimum Gasteiger partial charge on any atom is -0.325 e. The first kappa shape index (κ1) is 23.6. The molecule has 2 rings (SSSR count). The maximum absolute atomic E-state index is 13.4. The number of amides is 1. The summed E-state index contributed by atoms with van der Waals surface area (Å²) in [6.45, 7) is 6.36. The van der Waals surface area contributed by atoms with Gasteiger partial charge >= 0.3 is 0 Å². The average molecular weight is 444 g/mol. The van der Waals surface area contributed by atoms with Gasteiger partial charge in [0.25, 0.3) is 0 Å². The molecule has 0 spiro atoms. The summed E-state index contributed by atoms with van der Waals surface area (Å²) in [5, 5.41) is 3.93. The lowest BCUT2D eigenvalue weighted by Crippen LogP contribution is -2.38. The number of benzene rings is 1. The molecular weight excluding hydrogens is 413 g/mol. The highest BCUT2D eigenvalue weighted by Crippen LogP contribution is 2.43. The number of carbonyl (C=O) groups is 2.